The maximum atomic E-state index is 6.01. The molecule has 4 nitrogen and oxygen atoms in total. The predicted octanol–water partition coefficient (Wildman–Crippen LogP) is 1.04. The van der Waals surface area contributed by atoms with Gasteiger partial charge < -0.3 is 15.2 Å². The first-order valence-corrected chi connectivity index (χ1v) is 7.06. The van der Waals surface area contributed by atoms with Crippen molar-refractivity contribution in [2.45, 2.75) is 31.6 Å². The normalized spacial score (nSPS) is 30.9. The molecule has 1 saturated heterocycles. The maximum absolute atomic E-state index is 6.01. The quantitative estimate of drug-likeness (QED) is 0.884. The van der Waals surface area contributed by atoms with E-state index in [1.54, 1.807) is 0 Å². The molecule has 1 fully saturated rings. The predicted molar refractivity (Wildman–Crippen MR) is 74.4 cm³/mol. The molecule has 0 saturated carbocycles. The van der Waals surface area contributed by atoms with Crippen LogP contribution in [0.25, 0.3) is 0 Å². The van der Waals surface area contributed by atoms with Gasteiger partial charge in [-0.25, -0.2) is 0 Å². The summed E-state index contributed by atoms with van der Waals surface area (Å²) in [4.78, 5) is 2.44. The minimum Gasteiger partial charge on any atom is -0.488 e. The molecular weight excluding hydrogens is 240 g/mol. The topological polar surface area (TPSA) is 47.7 Å². The number of benzene rings is 1. The summed E-state index contributed by atoms with van der Waals surface area (Å²) in [6, 6.07) is 8.76. The second kappa shape index (κ2) is 5.49. The van der Waals surface area contributed by atoms with Gasteiger partial charge in [-0.15, -0.1) is 0 Å². The summed E-state index contributed by atoms with van der Waals surface area (Å²) in [5, 5.41) is 0. The summed E-state index contributed by atoms with van der Waals surface area (Å²) in [7, 11) is 0. The third kappa shape index (κ3) is 2.76. The fourth-order valence-electron chi connectivity index (χ4n) is 2.89. The van der Waals surface area contributed by atoms with Gasteiger partial charge >= 0.3 is 0 Å². The number of para-hydroxylation sites is 1. The van der Waals surface area contributed by atoms with Crippen molar-refractivity contribution in [1.29, 1.82) is 0 Å². The Hall–Kier alpha value is -1.10. The number of nitrogens with zero attached hydrogens (tertiary/aromatic N) is 1. The van der Waals surface area contributed by atoms with E-state index in [2.05, 4.69) is 30.0 Å². The molecule has 0 bridgehead atoms. The van der Waals surface area contributed by atoms with Gasteiger partial charge in [0.15, 0.2) is 0 Å². The van der Waals surface area contributed by atoms with Gasteiger partial charge in [-0.1, -0.05) is 18.2 Å². The molecule has 0 aliphatic carbocycles. The van der Waals surface area contributed by atoms with E-state index < -0.39 is 0 Å². The van der Waals surface area contributed by atoms with Gasteiger partial charge in [-0.05, 0) is 18.6 Å². The third-order valence-corrected chi connectivity index (χ3v) is 4.05. The molecule has 2 aliphatic heterocycles. The van der Waals surface area contributed by atoms with Gasteiger partial charge in [0, 0.05) is 32.1 Å². The van der Waals surface area contributed by atoms with Crippen LogP contribution in [0.4, 0.5) is 0 Å². The molecule has 104 valence electrons. The Morgan fingerprint density at radius 1 is 1.32 bits per heavy atom. The van der Waals surface area contributed by atoms with Crippen LogP contribution in [0.3, 0.4) is 0 Å². The first kappa shape index (κ1) is 12.9. The SMILES string of the molecule is CC1COC(CN)CN1CC1Cc2ccccc2O1. The molecule has 19 heavy (non-hydrogen) atoms. The lowest BCUT2D eigenvalue weighted by atomic mass is 10.1. The van der Waals surface area contributed by atoms with Gasteiger partial charge in [0.1, 0.15) is 11.9 Å². The highest BCUT2D eigenvalue weighted by atomic mass is 16.5. The van der Waals surface area contributed by atoms with Gasteiger partial charge in [-0.3, -0.25) is 4.90 Å². The zero-order valence-electron chi connectivity index (χ0n) is 11.4. The molecule has 1 aromatic rings. The fraction of sp³-hybridized carbons (Fsp3) is 0.600. The smallest absolute Gasteiger partial charge is 0.123 e. The Bertz CT molecular complexity index is 413. The summed E-state index contributed by atoms with van der Waals surface area (Å²) in [5.41, 5.74) is 7.03. The lowest BCUT2D eigenvalue weighted by Gasteiger charge is -2.38. The summed E-state index contributed by atoms with van der Waals surface area (Å²) >= 11 is 0. The van der Waals surface area contributed by atoms with E-state index in [0.717, 1.165) is 31.9 Å². The highest BCUT2D eigenvalue weighted by molar-refractivity contribution is 5.37. The standard InChI is InChI=1S/C15H22N2O2/c1-11-10-18-14(7-16)9-17(11)8-13-6-12-4-2-3-5-15(12)19-13/h2-5,11,13-14H,6-10,16H2,1H3. The molecule has 0 aromatic heterocycles. The summed E-state index contributed by atoms with van der Waals surface area (Å²) in [5.74, 6) is 1.05. The third-order valence-electron chi connectivity index (χ3n) is 4.05. The highest BCUT2D eigenvalue weighted by Crippen LogP contribution is 2.29. The van der Waals surface area contributed by atoms with Crippen LogP contribution < -0.4 is 10.5 Å². The zero-order chi connectivity index (χ0) is 13.2. The van der Waals surface area contributed by atoms with Gasteiger partial charge in [0.2, 0.25) is 0 Å². The van der Waals surface area contributed by atoms with E-state index >= 15 is 0 Å². The number of rotatable bonds is 3. The first-order valence-electron chi connectivity index (χ1n) is 7.06. The van der Waals surface area contributed by atoms with Crippen molar-refractivity contribution in [2.75, 3.05) is 26.2 Å². The number of morpholine rings is 1. The van der Waals surface area contributed by atoms with Crippen LogP contribution in [0.5, 0.6) is 5.75 Å². The Morgan fingerprint density at radius 2 is 2.16 bits per heavy atom. The lowest BCUT2D eigenvalue weighted by Crippen LogP contribution is -2.53. The molecular formula is C15H22N2O2. The minimum absolute atomic E-state index is 0.167. The number of nitrogens with two attached hydrogens (primary N) is 1. The van der Waals surface area contributed by atoms with Crippen LogP contribution in [0.2, 0.25) is 0 Å². The van der Waals surface area contributed by atoms with Gasteiger partial charge in [-0.2, -0.15) is 0 Å². The van der Waals surface area contributed by atoms with Crippen molar-refractivity contribution in [3.63, 3.8) is 0 Å². The minimum atomic E-state index is 0.167. The Labute approximate surface area is 114 Å². The van der Waals surface area contributed by atoms with Crippen LogP contribution in [0.15, 0.2) is 24.3 Å². The first-order chi connectivity index (χ1) is 9.26. The van der Waals surface area contributed by atoms with Crippen LogP contribution in [0, 0.1) is 0 Å². The largest absolute Gasteiger partial charge is 0.488 e. The van der Waals surface area contributed by atoms with Crippen molar-refractivity contribution < 1.29 is 9.47 Å². The fourth-order valence-corrected chi connectivity index (χ4v) is 2.89. The van der Waals surface area contributed by atoms with E-state index in [4.69, 9.17) is 15.2 Å². The lowest BCUT2D eigenvalue weighted by molar-refractivity contribution is -0.0618. The van der Waals surface area contributed by atoms with Crippen molar-refractivity contribution in [3.05, 3.63) is 29.8 Å². The molecule has 0 amide bonds. The van der Waals surface area contributed by atoms with E-state index in [-0.39, 0.29) is 12.2 Å². The van der Waals surface area contributed by atoms with Crippen molar-refractivity contribution >= 4 is 0 Å². The Morgan fingerprint density at radius 3 is 2.95 bits per heavy atom. The van der Waals surface area contributed by atoms with Crippen LogP contribution in [0.1, 0.15) is 12.5 Å². The van der Waals surface area contributed by atoms with Crippen LogP contribution in [-0.2, 0) is 11.2 Å². The molecule has 0 radical (unpaired) electrons. The molecule has 3 rings (SSSR count). The second-order valence-electron chi connectivity index (χ2n) is 5.55. The summed E-state index contributed by atoms with van der Waals surface area (Å²) in [6.45, 7) is 5.43. The zero-order valence-corrected chi connectivity index (χ0v) is 11.4. The van der Waals surface area contributed by atoms with E-state index in [0.29, 0.717) is 12.6 Å². The molecule has 2 N–H and O–H groups in total. The van der Waals surface area contributed by atoms with Gasteiger partial charge in [0.05, 0.1) is 12.7 Å². The molecule has 2 aliphatic rings. The molecule has 3 atom stereocenters. The van der Waals surface area contributed by atoms with Crippen molar-refractivity contribution in [3.8, 4) is 5.75 Å². The van der Waals surface area contributed by atoms with E-state index in [1.165, 1.54) is 5.56 Å². The summed E-state index contributed by atoms with van der Waals surface area (Å²) in [6.07, 6.45) is 1.43. The highest BCUT2D eigenvalue weighted by Gasteiger charge is 2.30. The number of hydrogen-bond donors (Lipinski definition) is 1. The average molecular weight is 262 g/mol. The van der Waals surface area contributed by atoms with Gasteiger partial charge in [0.25, 0.3) is 0 Å². The molecule has 0 spiro atoms. The number of hydrogen-bond acceptors (Lipinski definition) is 4. The van der Waals surface area contributed by atoms with Crippen LogP contribution in [-0.4, -0.2) is 49.4 Å². The monoisotopic (exact) mass is 262 g/mol. The average Bonchev–Trinajstić information content (AvgIpc) is 2.83. The summed E-state index contributed by atoms with van der Waals surface area (Å²) < 4.78 is 11.7. The van der Waals surface area contributed by atoms with E-state index in [9.17, 15) is 0 Å². The Balaban J connectivity index is 1.60. The van der Waals surface area contributed by atoms with Crippen LogP contribution >= 0.6 is 0 Å². The van der Waals surface area contributed by atoms with Crippen molar-refractivity contribution in [2.24, 2.45) is 5.73 Å². The molecule has 1 aromatic carbocycles. The number of ether oxygens (including phenoxy) is 2. The number of fused-ring (bicyclic) bond motifs is 1. The molecule has 3 unspecified atom stereocenters. The second-order valence-corrected chi connectivity index (χ2v) is 5.55. The van der Waals surface area contributed by atoms with E-state index in [1.807, 2.05) is 6.07 Å². The van der Waals surface area contributed by atoms with Crippen molar-refractivity contribution in [1.82, 2.24) is 4.90 Å². The maximum Gasteiger partial charge on any atom is 0.123 e. The molecule has 2 heterocycles. The molecule has 4 heteroatoms. The Kier molecular flexibility index (Phi) is 3.73.